The minimum atomic E-state index is 0.0836. The monoisotopic (exact) mass is 810 g/mol. The predicted octanol–water partition coefficient (Wildman–Crippen LogP) is 15.4. The van der Waals surface area contributed by atoms with Crippen molar-refractivity contribution in [2.45, 2.75) is 51.4 Å². The number of fused-ring (bicyclic) bond motifs is 8. The van der Waals surface area contributed by atoms with E-state index in [4.69, 9.17) is 15.0 Å². The van der Waals surface area contributed by atoms with Crippen LogP contribution in [-0.2, 0) is 10.8 Å². The van der Waals surface area contributed by atoms with Crippen molar-refractivity contribution in [3.8, 4) is 51.0 Å². The van der Waals surface area contributed by atoms with Gasteiger partial charge in [-0.25, -0.2) is 15.0 Å². The number of benzene rings is 9. The molecule has 1 aliphatic rings. The normalized spacial score (nSPS) is 14.5. The van der Waals surface area contributed by atoms with E-state index in [1.807, 2.05) is 0 Å². The summed E-state index contributed by atoms with van der Waals surface area (Å²) in [5.41, 5.74) is 11.7. The van der Waals surface area contributed by atoms with Gasteiger partial charge in [0.25, 0.3) is 0 Å². The lowest BCUT2D eigenvalue weighted by Gasteiger charge is -2.42. The molecule has 0 radical (unpaired) electrons. The Morgan fingerprint density at radius 1 is 0.365 bits per heavy atom. The molecule has 0 fully saturated rings. The van der Waals surface area contributed by atoms with Gasteiger partial charge in [0.2, 0.25) is 0 Å². The Morgan fingerprint density at radius 2 is 0.889 bits per heavy atom. The molecule has 0 amide bonds. The Bertz CT molecular complexity index is 3610. The summed E-state index contributed by atoms with van der Waals surface area (Å²) in [6.45, 7) is 9.66. The Hall–Kier alpha value is -7.43. The molecule has 0 saturated carbocycles. The summed E-state index contributed by atoms with van der Waals surface area (Å²) in [7, 11) is 0. The smallest absolute Gasteiger partial charge is 0.164 e. The molecule has 4 heteroatoms. The van der Waals surface area contributed by atoms with Crippen molar-refractivity contribution >= 4 is 54.1 Å². The molecular weight excluding hydrogens is 765 g/mol. The molecule has 9 aromatic carbocycles. The fourth-order valence-corrected chi connectivity index (χ4v) is 10.2. The van der Waals surface area contributed by atoms with Crippen LogP contribution in [0, 0.1) is 0 Å². The van der Waals surface area contributed by atoms with Gasteiger partial charge in [0.1, 0.15) is 0 Å². The van der Waals surface area contributed by atoms with Crippen LogP contribution in [0.4, 0.5) is 0 Å². The zero-order valence-electron chi connectivity index (χ0n) is 36.0. The number of nitrogens with zero attached hydrogens (tertiary/aromatic N) is 4. The van der Waals surface area contributed by atoms with Gasteiger partial charge < -0.3 is 4.57 Å². The van der Waals surface area contributed by atoms with E-state index in [2.05, 4.69) is 214 Å². The average molecular weight is 811 g/mol. The molecule has 11 aromatic rings. The summed E-state index contributed by atoms with van der Waals surface area (Å²) in [6, 6.07) is 65.8. The van der Waals surface area contributed by atoms with Crippen LogP contribution in [-0.4, -0.2) is 19.5 Å². The Labute approximate surface area is 367 Å². The summed E-state index contributed by atoms with van der Waals surface area (Å²) in [5, 5.41) is 9.85. The lowest BCUT2D eigenvalue weighted by Crippen LogP contribution is -2.33. The molecule has 0 unspecified atom stereocenters. The molecular formula is C59H46N4. The summed E-state index contributed by atoms with van der Waals surface area (Å²) in [6.07, 6.45) is 2.34. The lowest BCUT2D eigenvalue weighted by atomic mass is 9.63. The fraction of sp³-hybridized carbons (Fsp3) is 0.136. The van der Waals surface area contributed by atoms with Gasteiger partial charge >= 0.3 is 0 Å². The van der Waals surface area contributed by atoms with Crippen molar-refractivity contribution in [1.29, 1.82) is 0 Å². The van der Waals surface area contributed by atoms with Crippen LogP contribution < -0.4 is 0 Å². The molecule has 302 valence electrons. The van der Waals surface area contributed by atoms with E-state index in [1.165, 1.54) is 78.1 Å². The molecule has 0 aliphatic heterocycles. The van der Waals surface area contributed by atoms with E-state index < -0.39 is 0 Å². The molecule has 0 bridgehead atoms. The minimum absolute atomic E-state index is 0.0836. The van der Waals surface area contributed by atoms with Crippen LogP contribution in [0.5, 0.6) is 0 Å². The van der Waals surface area contributed by atoms with Gasteiger partial charge in [-0.2, -0.15) is 0 Å². The van der Waals surface area contributed by atoms with E-state index >= 15 is 0 Å². The first-order valence-electron chi connectivity index (χ1n) is 22.1. The summed E-state index contributed by atoms with van der Waals surface area (Å²) < 4.78 is 2.47. The zero-order chi connectivity index (χ0) is 42.5. The highest BCUT2D eigenvalue weighted by Crippen LogP contribution is 2.49. The second-order valence-electron chi connectivity index (χ2n) is 18.7. The molecule has 0 N–H and O–H groups in total. The van der Waals surface area contributed by atoms with Crippen LogP contribution in [0.25, 0.3) is 105 Å². The van der Waals surface area contributed by atoms with Crippen LogP contribution >= 0.6 is 0 Å². The number of aromatic nitrogens is 4. The van der Waals surface area contributed by atoms with Gasteiger partial charge in [0.15, 0.2) is 17.5 Å². The van der Waals surface area contributed by atoms with Crippen molar-refractivity contribution in [3.05, 3.63) is 193 Å². The maximum Gasteiger partial charge on any atom is 0.164 e. The van der Waals surface area contributed by atoms with E-state index in [0.29, 0.717) is 17.5 Å². The summed E-state index contributed by atoms with van der Waals surface area (Å²) >= 11 is 0. The molecule has 0 atom stereocenters. The van der Waals surface area contributed by atoms with Gasteiger partial charge in [-0.3, -0.25) is 0 Å². The maximum atomic E-state index is 5.27. The van der Waals surface area contributed by atoms with Crippen LogP contribution in [0.3, 0.4) is 0 Å². The predicted molar refractivity (Wildman–Crippen MR) is 264 cm³/mol. The van der Waals surface area contributed by atoms with Gasteiger partial charge in [-0.1, -0.05) is 155 Å². The molecule has 63 heavy (non-hydrogen) atoms. The van der Waals surface area contributed by atoms with Crippen molar-refractivity contribution in [2.24, 2.45) is 0 Å². The van der Waals surface area contributed by atoms with Crippen molar-refractivity contribution in [1.82, 2.24) is 19.5 Å². The first-order valence-corrected chi connectivity index (χ1v) is 22.1. The fourth-order valence-electron chi connectivity index (χ4n) is 10.2. The SMILES string of the molecule is CC1(C)CCC(C)(C)c2cc3c(cc21)c1cc2ccccc2cc1n3-c1ccc(-c2nc(-c3ccc4ccc5ccccc5c4c3)nc(-c3ccccc3-c3ccccc3)n2)cc1. The van der Waals surface area contributed by atoms with Crippen molar-refractivity contribution in [2.75, 3.05) is 0 Å². The second-order valence-corrected chi connectivity index (χ2v) is 18.7. The van der Waals surface area contributed by atoms with Crippen molar-refractivity contribution < 1.29 is 0 Å². The highest BCUT2D eigenvalue weighted by Gasteiger charge is 2.38. The Morgan fingerprint density at radius 3 is 1.63 bits per heavy atom. The first kappa shape index (κ1) is 37.3. The van der Waals surface area contributed by atoms with E-state index in [9.17, 15) is 0 Å². The number of rotatable bonds is 5. The summed E-state index contributed by atoms with van der Waals surface area (Å²) in [4.78, 5) is 15.8. The maximum absolute atomic E-state index is 5.27. The number of hydrogen-bond donors (Lipinski definition) is 0. The third-order valence-electron chi connectivity index (χ3n) is 13.9. The van der Waals surface area contributed by atoms with Gasteiger partial charge in [0.05, 0.1) is 11.0 Å². The van der Waals surface area contributed by atoms with Crippen LogP contribution in [0.2, 0.25) is 0 Å². The first-order chi connectivity index (χ1) is 30.7. The molecule has 0 saturated heterocycles. The van der Waals surface area contributed by atoms with E-state index in [-0.39, 0.29) is 10.8 Å². The molecule has 2 heterocycles. The number of hydrogen-bond acceptors (Lipinski definition) is 3. The summed E-state index contributed by atoms with van der Waals surface area (Å²) in [5.74, 6) is 1.91. The van der Waals surface area contributed by atoms with Crippen LogP contribution in [0.1, 0.15) is 51.7 Å². The van der Waals surface area contributed by atoms with Gasteiger partial charge in [-0.15, -0.1) is 0 Å². The highest BCUT2D eigenvalue weighted by molar-refractivity contribution is 6.14. The molecule has 2 aromatic heterocycles. The van der Waals surface area contributed by atoms with Gasteiger partial charge in [0, 0.05) is 33.2 Å². The standard InChI is InChI=1S/C59H46N4/c1-58(2)30-31-59(3,4)52-36-54-50(35-51(52)58)49-32-41-17-8-9-18-42(41)34-53(49)63(54)44-28-26-40(27-29-44)55-60-56(43-25-24-39-23-22-38-16-10-11-20-46(38)48(39)33-43)62-57(61-55)47-21-13-12-19-45(47)37-14-6-5-7-15-37/h5-29,32-36H,30-31H2,1-4H3. The van der Waals surface area contributed by atoms with Crippen molar-refractivity contribution in [3.63, 3.8) is 0 Å². The largest absolute Gasteiger partial charge is 0.309 e. The van der Waals surface area contributed by atoms with Gasteiger partial charge in [-0.05, 0) is 133 Å². The lowest BCUT2D eigenvalue weighted by molar-refractivity contribution is 0.332. The minimum Gasteiger partial charge on any atom is -0.309 e. The third-order valence-corrected chi connectivity index (χ3v) is 13.9. The zero-order valence-corrected chi connectivity index (χ0v) is 36.0. The second kappa shape index (κ2) is 14.1. The molecule has 0 spiro atoms. The Kier molecular flexibility index (Phi) is 8.33. The average Bonchev–Trinajstić information content (AvgIpc) is 3.64. The molecule has 12 rings (SSSR count). The Balaban J connectivity index is 1.05. The molecule has 4 nitrogen and oxygen atoms in total. The third kappa shape index (κ3) is 6.15. The quantitative estimate of drug-likeness (QED) is 0.163. The highest BCUT2D eigenvalue weighted by atomic mass is 15.0. The molecule has 1 aliphatic carbocycles. The van der Waals surface area contributed by atoms with Crippen LogP contribution in [0.15, 0.2) is 182 Å². The van der Waals surface area contributed by atoms with E-state index in [0.717, 1.165) is 33.5 Å². The van der Waals surface area contributed by atoms with E-state index in [1.54, 1.807) is 0 Å². The topological polar surface area (TPSA) is 43.6 Å².